The van der Waals surface area contributed by atoms with Gasteiger partial charge in [-0.05, 0) is 45.5 Å². The van der Waals surface area contributed by atoms with Gasteiger partial charge in [-0.2, -0.15) is 5.10 Å². The number of amides is 1. The van der Waals surface area contributed by atoms with Gasteiger partial charge in [0.15, 0.2) is 5.65 Å². The number of nitrogens with zero attached hydrogens (tertiary/aromatic N) is 6. The summed E-state index contributed by atoms with van der Waals surface area (Å²) in [4.78, 5) is 26.0. The van der Waals surface area contributed by atoms with Gasteiger partial charge < -0.3 is 24.6 Å². The van der Waals surface area contributed by atoms with Gasteiger partial charge in [-0.15, -0.1) is 0 Å². The highest BCUT2D eigenvalue weighted by Crippen LogP contribution is 2.32. The van der Waals surface area contributed by atoms with Gasteiger partial charge in [0, 0.05) is 57.1 Å². The first kappa shape index (κ1) is 22.4. The Kier molecular flexibility index (Phi) is 5.99. The lowest BCUT2D eigenvalue weighted by molar-refractivity contribution is 0.0136. The first-order valence-corrected chi connectivity index (χ1v) is 11.8. The zero-order chi connectivity index (χ0) is 23.7. The molecular weight excluding hydrogens is 434 g/mol. The smallest absolute Gasteiger partial charge is 0.410 e. The van der Waals surface area contributed by atoms with Gasteiger partial charge in [-0.1, -0.05) is 0 Å². The van der Waals surface area contributed by atoms with Crippen molar-refractivity contribution in [1.82, 2.24) is 29.8 Å². The van der Waals surface area contributed by atoms with E-state index in [1.165, 1.54) is 0 Å². The van der Waals surface area contributed by atoms with E-state index in [-0.39, 0.29) is 12.2 Å². The number of aromatic nitrogens is 4. The normalized spacial score (nSPS) is 20.8. The third-order valence-corrected chi connectivity index (χ3v) is 6.29. The predicted molar refractivity (Wildman–Crippen MR) is 128 cm³/mol. The molecule has 2 aliphatic heterocycles. The van der Waals surface area contributed by atoms with E-state index in [0.29, 0.717) is 38.6 Å². The zero-order valence-corrected chi connectivity index (χ0v) is 19.9. The van der Waals surface area contributed by atoms with Crippen LogP contribution in [0.15, 0.2) is 36.8 Å². The molecule has 34 heavy (non-hydrogen) atoms. The van der Waals surface area contributed by atoms with Crippen LogP contribution in [0.4, 0.5) is 10.6 Å². The molecule has 10 heteroatoms. The van der Waals surface area contributed by atoms with Crippen LogP contribution < -0.4 is 15.0 Å². The minimum atomic E-state index is -0.413. The van der Waals surface area contributed by atoms with Crippen LogP contribution >= 0.6 is 0 Å². The third-order valence-electron chi connectivity index (χ3n) is 6.29. The Labute approximate surface area is 198 Å². The Morgan fingerprint density at radius 3 is 2.74 bits per heavy atom. The molecule has 180 valence electrons. The molecule has 1 amide bonds. The van der Waals surface area contributed by atoms with E-state index < -0.39 is 5.60 Å². The molecule has 0 aromatic carbocycles. The summed E-state index contributed by atoms with van der Waals surface area (Å²) in [5, 5.41) is 7.73. The SMILES string of the molecule is CC(C)Oc1ncccc1-c1cnn2ccc(N3CCN(C(=O)O[C@]4(C)CCNC4)CC3)nc12. The van der Waals surface area contributed by atoms with Crippen LogP contribution in [0.3, 0.4) is 0 Å². The van der Waals surface area contributed by atoms with Crippen LogP contribution in [0.25, 0.3) is 16.8 Å². The second kappa shape index (κ2) is 9.09. The van der Waals surface area contributed by atoms with Crippen molar-refractivity contribution in [2.24, 2.45) is 0 Å². The number of rotatable bonds is 5. The molecule has 0 unspecified atom stereocenters. The Hall–Kier alpha value is -3.40. The molecule has 1 atom stereocenters. The number of anilines is 1. The van der Waals surface area contributed by atoms with Gasteiger partial charge >= 0.3 is 6.09 Å². The van der Waals surface area contributed by atoms with Crippen molar-refractivity contribution in [1.29, 1.82) is 0 Å². The number of fused-ring (bicyclic) bond motifs is 1. The summed E-state index contributed by atoms with van der Waals surface area (Å²) in [5.74, 6) is 1.42. The van der Waals surface area contributed by atoms with Crippen molar-refractivity contribution in [3.63, 3.8) is 0 Å². The first-order valence-electron chi connectivity index (χ1n) is 11.8. The molecular formula is C24H31N7O3. The van der Waals surface area contributed by atoms with E-state index in [1.54, 1.807) is 21.8 Å². The van der Waals surface area contributed by atoms with E-state index in [4.69, 9.17) is 14.5 Å². The maximum atomic E-state index is 12.7. The van der Waals surface area contributed by atoms with Gasteiger partial charge in [-0.25, -0.2) is 19.3 Å². The van der Waals surface area contributed by atoms with Gasteiger partial charge in [0.25, 0.3) is 0 Å². The molecule has 0 spiro atoms. The molecule has 3 aromatic heterocycles. The van der Waals surface area contributed by atoms with Gasteiger partial charge in [0.05, 0.1) is 17.9 Å². The van der Waals surface area contributed by atoms with Crippen LogP contribution in [0.1, 0.15) is 27.2 Å². The fourth-order valence-electron chi connectivity index (χ4n) is 4.41. The van der Waals surface area contributed by atoms with Crippen LogP contribution in [-0.2, 0) is 4.74 Å². The molecule has 5 rings (SSSR count). The molecule has 2 aliphatic rings. The molecule has 0 aliphatic carbocycles. The number of piperazine rings is 1. The number of carbonyl (C=O) groups excluding carboxylic acids is 1. The summed E-state index contributed by atoms with van der Waals surface area (Å²) >= 11 is 0. The highest BCUT2D eigenvalue weighted by molar-refractivity contribution is 5.80. The van der Waals surface area contributed by atoms with Crippen molar-refractivity contribution >= 4 is 17.6 Å². The van der Waals surface area contributed by atoms with Crippen LogP contribution in [0.2, 0.25) is 0 Å². The Bertz CT molecular complexity index is 1160. The minimum absolute atomic E-state index is 0.00881. The number of hydrogen-bond acceptors (Lipinski definition) is 8. The largest absolute Gasteiger partial charge is 0.475 e. The van der Waals surface area contributed by atoms with Gasteiger partial charge in [0.2, 0.25) is 5.88 Å². The Morgan fingerprint density at radius 2 is 2.00 bits per heavy atom. The maximum absolute atomic E-state index is 12.7. The number of nitrogens with one attached hydrogen (secondary N) is 1. The summed E-state index contributed by atoms with van der Waals surface area (Å²) in [6.45, 7) is 10.1. The fraction of sp³-hybridized carbons (Fsp3) is 0.500. The minimum Gasteiger partial charge on any atom is -0.475 e. The second-order valence-corrected chi connectivity index (χ2v) is 9.35. The molecule has 0 radical (unpaired) electrons. The van der Waals surface area contributed by atoms with Crippen LogP contribution in [0.5, 0.6) is 5.88 Å². The summed E-state index contributed by atoms with van der Waals surface area (Å²) in [6.07, 6.45) is 6.05. The predicted octanol–water partition coefficient (Wildman–Crippen LogP) is 2.59. The number of ether oxygens (including phenoxy) is 2. The van der Waals surface area contributed by atoms with E-state index in [2.05, 4.69) is 20.3 Å². The molecule has 0 saturated carbocycles. The molecule has 0 bridgehead atoms. The molecule has 2 saturated heterocycles. The average molecular weight is 466 g/mol. The van der Waals surface area contributed by atoms with Crippen molar-refractivity contribution in [2.75, 3.05) is 44.2 Å². The monoisotopic (exact) mass is 465 g/mol. The average Bonchev–Trinajstić information content (AvgIpc) is 3.45. The highest BCUT2D eigenvalue weighted by Gasteiger charge is 2.35. The van der Waals surface area contributed by atoms with E-state index >= 15 is 0 Å². The number of hydrogen-bond donors (Lipinski definition) is 1. The Morgan fingerprint density at radius 1 is 1.18 bits per heavy atom. The molecule has 10 nitrogen and oxygen atoms in total. The fourth-order valence-corrected chi connectivity index (χ4v) is 4.41. The third kappa shape index (κ3) is 4.50. The van der Waals surface area contributed by atoms with E-state index in [9.17, 15) is 4.79 Å². The quantitative estimate of drug-likeness (QED) is 0.614. The topological polar surface area (TPSA) is 97.1 Å². The molecule has 1 N–H and O–H groups in total. The lowest BCUT2D eigenvalue weighted by atomic mass is 10.1. The van der Waals surface area contributed by atoms with E-state index in [1.807, 2.05) is 45.2 Å². The first-order chi connectivity index (χ1) is 16.4. The Balaban J connectivity index is 1.32. The van der Waals surface area contributed by atoms with Crippen molar-refractivity contribution in [3.8, 4) is 17.0 Å². The van der Waals surface area contributed by atoms with Crippen molar-refractivity contribution in [2.45, 2.75) is 38.9 Å². The molecule has 2 fully saturated rings. The number of pyridine rings is 1. The lowest BCUT2D eigenvalue weighted by Crippen LogP contribution is -2.51. The summed E-state index contributed by atoms with van der Waals surface area (Å²) in [5.41, 5.74) is 2.05. The summed E-state index contributed by atoms with van der Waals surface area (Å²) in [7, 11) is 0. The van der Waals surface area contributed by atoms with E-state index in [0.717, 1.165) is 35.6 Å². The summed E-state index contributed by atoms with van der Waals surface area (Å²) in [6, 6.07) is 5.81. The second-order valence-electron chi connectivity index (χ2n) is 9.35. The lowest BCUT2D eigenvalue weighted by Gasteiger charge is -2.36. The maximum Gasteiger partial charge on any atom is 0.410 e. The molecule has 5 heterocycles. The van der Waals surface area contributed by atoms with Crippen LogP contribution in [-0.4, -0.2) is 81.5 Å². The zero-order valence-electron chi connectivity index (χ0n) is 19.9. The molecule has 3 aromatic rings. The highest BCUT2D eigenvalue weighted by atomic mass is 16.6. The van der Waals surface area contributed by atoms with Crippen molar-refractivity contribution < 1.29 is 14.3 Å². The van der Waals surface area contributed by atoms with Gasteiger partial charge in [0.1, 0.15) is 11.4 Å². The number of carbonyl (C=O) groups is 1. The standard InChI is InChI=1S/C24H31N7O3/c1-17(2)33-22-18(5-4-8-26-22)19-15-27-31-10-6-20(28-21(19)31)29-11-13-30(14-12-29)23(32)34-24(3)7-9-25-16-24/h4-6,8,10,15,17,25H,7,9,11-14,16H2,1-3H3/t24-/m1/s1. The van der Waals surface area contributed by atoms with Crippen molar-refractivity contribution in [3.05, 3.63) is 36.8 Å². The van der Waals surface area contributed by atoms with Gasteiger partial charge in [-0.3, -0.25) is 0 Å². The van der Waals surface area contributed by atoms with Crippen LogP contribution in [0, 0.1) is 0 Å². The summed E-state index contributed by atoms with van der Waals surface area (Å²) < 4.78 is 13.5.